The van der Waals surface area contributed by atoms with Crippen molar-refractivity contribution >= 4 is 6.09 Å². The maximum atomic E-state index is 11.8. The third-order valence-corrected chi connectivity index (χ3v) is 3.56. The first-order valence-corrected chi connectivity index (χ1v) is 6.36. The van der Waals surface area contributed by atoms with Gasteiger partial charge in [-0.3, -0.25) is 4.90 Å². The molecule has 0 aliphatic carbocycles. The number of carbonyl (C=O) groups is 1. The molecule has 0 radical (unpaired) electrons. The molecule has 1 aromatic rings. The Balaban J connectivity index is 2.12. The number of nitrogens with zero attached hydrogens (tertiary/aromatic N) is 1. The fourth-order valence-corrected chi connectivity index (χ4v) is 2.28. The van der Waals surface area contributed by atoms with Gasteiger partial charge < -0.3 is 15.2 Å². The molecule has 1 saturated heterocycles. The van der Waals surface area contributed by atoms with Gasteiger partial charge in [-0.1, -0.05) is 12.1 Å². The molecule has 2 N–H and O–H groups in total. The third kappa shape index (κ3) is 2.81. The average molecular weight is 264 g/mol. The van der Waals surface area contributed by atoms with Crippen LogP contribution in [0.15, 0.2) is 24.3 Å². The Morgan fingerprint density at radius 1 is 1.42 bits per heavy atom. The monoisotopic (exact) mass is 264 g/mol. The minimum absolute atomic E-state index is 0.272. The Hall–Kier alpha value is -1.75. The Morgan fingerprint density at radius 3 is 2.68 bits per heavy atom. The van der Waals surface area contributed by atoms with Crippen molar-refractivity contribution in [3.63, 3.8) is 0 Å². The summed E-state index contributed by atoms with van der Waals surface area (Å²) in [6.45, 7) is 3.47. The number of amides is 1. The minimum Gasteiger partial charge on any atom is -0.497 e. The number of ether oxygens (including phenoxy) is 2. The van der Waals surface area contributed by atoms with Crippen LogP contribution in [0.5, 0.6) is 5.75 Å². The molecule has 1 heterocycles. The zero-order valence-electron chi connectivity index (χ0n) is 11.4. The molecule has 0 saturated carbocycles. The van der Waals surface area contributed by atoms with Gasteiger partial charge in [0.25, 0.3) is 0 Å². The predicted octanol–water partition coefficient (Wildman–Crippen LogP) is 1.75. The molecule has 1 aliphatic rings. The van der Waals surface area contributed by atoms with Crippen LogP contribution in [0.3, 0.4) is 0 Å². The van der Waals surface area contributed by atoms with Crippen molar-refractivity contribution in [1.29, 1.82) is 0 Å². The zero-order chi connectivity index (χ0) is 13.9. The fraction of sp³-hybridized carbons (Fsp3) is 0.500. The van der Waals surface area contributed by atoms with Gasteiger partial charge in [-0.05, 0) is 37.6 Å². The zero-order valence-corrected chi connectivity index (χ0v) is 11.4. The van der Waals surface area contributed by atoms with Crippen molar-refractivity contribution in [3.8, 4) is 5.75 Å². The molecule has 2 rings (SSSR count). The SMILES string of the molecule is COc1ccc(CN2C(=O)OCC2(C)CCN)cc1. The molecule has 5 heteroatoms. The normalized spacial score (nSPS) is 22.5. The van der Waals surface area contributed by atoms with Crippen molar-refractivity contribution in [3.05, 3.63) is 29.8 Å². The van der Waals surface area contributed by atoms with Crippen LogP contribution in [-0.2, 0) is 11.3 Å². The Bertz CT molecular complexity index is 447. The van der Waals surface area contributed by atoms with E-state index in [-0.39, 0.29) is 11.6 Å². The number of methoxy groups -OCH3 is 1. The summed E-state index contributed by atoms with van der Waals surface area (Å²) in [5.74, 6) is 0.803. The molecule has 1 aromatic carbocycles. The standard InChI is InChI=1S/C14H20N2O3/c1-14(7-8-15)10-19-13(17)16(14)9-11-3-5-12(18-2)6-4-11/h3-6H,7-10,15H2,1-2H3. The van der Waals surface area contributed by atoms with Crippen molar-refractivity contribution in [1.82, 2.24) is 4.90 Å². The number of rotatable bonds is 5. The summed E-state index contributed by atoms with van der Waals surface area (Å²) in [7, 11) is 1.63. The van der Waals surface area contributed by atoms with E-state index in [0.717, 1.165) is 17.7 Å². The summed E-state index contributed by atoms with van der Waals surface area (Å²) >= 11 is 0. The van der Waals surface area contributed by atoms with Crippen LogP contribution in [-0.4, -0.2) is 36.8 Å². The smallest absolute Gasteiger partial charge is 0.410 e. The Morgan fingerprint density at radius 2 is 2.11 bits per heavy atom. The second-order valence-electron chi connectivity index (χ2n) is 5.02. The number of hydrogen-bond acceptors (Lipinski definition) is 4. The molecule has 1 amide bonds. The molecule has 5 nitrogen and oxygen atoms in total. The maximum absolute atomic E-state index is 11.8. The lowest BCUT2D eigenvalue weighted by molar-refractivity contribution is 0.148. The van der Waals surface area contributed by atoms with Crippen LogP contribution in [0, 0.1) is 0 Å². The molecule has 1 unspecified atom stereocenters. The van der Waals surface area contributed by atoms with E-state index in [1.165, 1.54) is 0 Å². The molecule has 0 aromatic heterocycles. The van der Waals surface area contributed by atoms with Crippen LogP contribution in [0.2, 0.25) is 0 Å². The highest BCUT2D eigenvalue weighted by Crippen LogP contribution is 2.29. The molecule has 1 fully saturated rings. The lowest BCUT2D eigenvalue weighted by Crippen LogP contribution is -2.45. The molecular formula is C14H20N2O3. The van der Waals surface area contributed by atoms with E-state index in [9.17, 15) is 4.79 Å². The maximum Gasteiger partial charge on any atom is 0.410 e. The number of carbonyl (C=O) groups excluding carboxylic acids is 1. The van der Waals surface area contributed by atoms with E-state index in [2.05, 4.69) is 0 Å². The first-order valence-electron chi connectivity index (χ1n) is 6.36. The first-order chi connectivity index (χ1) is 9.09. The van der Waals surface area contributed by atoms with E-state index in [0.29, 0.717) is 19.7 Å². The second kappa shape index (κ2) is 5.48. The Kier molecular flexibility index (Phi) is 3.95. The first kappa shape index (κ1) is 13.7. The highest BCUT2D eigenvalue weighted by atomic mass is 16.6. The van der Waals surface area contributed by atoms with Crippen LogP contribution < -0.4 is 10.5 Å². The molecule has 1 atom stereocenters. The number of hydrogen-bond donors (Lipinski definition) is 1. The van der Waals surface area contributed by atoms with Crippen LogP contribution >= 0.6 is 0 Å². The molecular weight excluding hydrogens is 244 g/mol. The third-order valence-electron chi connectivity index (χ3n) is 3.56. The lowest BCUT2D eigenvalue weighted by atomic mass is 9.97. The quantitative estimate of drug-likeness (QED) is 0.880. The minimum atomic E-state index is -0.314. The Labute approximate surface area is 113 Å². The largest absolute Gasteiger partial charge is 0.497 e. The van der Waals surface area contributed by atoms with Crippen LogP contribution in [0.4, 0.5) is 4.79 Å². The average Bonchev–Trinajstić information content (AvgIpc) is 2.68. The number of benzene rings is 1. The van der Waals surface area contributed by atoms with Gasteiger partial charge in [-0.25, -0.2) is 4.79 Å². The second-order valence-corrected chi connectivity index (χ2v) is 5.02. The van der Waals surface area contributed by atoms with Crippen molar-refractivity contribution in [2.75, 3.05) is 20.3 Å². The van der Waals surface area contributed by atoms with Gasteiger partial charge in [-0.15, -0.1) is 0 Å². The highest BCUT2D eigenvalue weighted by molar-refractivity contribution is 5.71. The summed E-state index contributed by atoms with van der Waals surface area (Å²) in [4.78, 5) is 13.6. The van der Waals surface area contributed by atoms with Gasteiger partial charge in [0.15, 0.2) is 0 Å². The van der Waals surface area contributed by atoms with E-state index < -0.39 is 0 Å². The lowest BCUT2D eigenvalue weighted by Gasteiger charge is -2.31. The van der Waals surface area contributed by atoms with E-state index in [1.54, 1.807) is 12.0 Å². The fourth-order valence-electron chi connectivity index (χ4n) is 2.28. The van der Waals surface area contributed by atoms with Crippen LogP contribution in [0.1, 0.15) is 18.9 Å². The molecule has 0 spiro atoms. The van der Waals surface area contributed by atoms with Gasteiger partial charge in [0.05, 0.1) is 12.6 Å². The van der Waals surface area contributed by atoms with Gasteiger partial charge in [0.2, 0.25) is 0 Å². The molecule has 104 valence electrons. The van der Waals surface area contributed by atoms with E-state index >= 15 is 0 Å². The predicted molar refractivity (Wildman–Crippen MR) is 72.0 cm³/mol. The van der Waals surface area contributed by atoms with E-state index in [4.69, 9.17) is 15.2 Å². The van der Waals surface area contributed by atoms with Crippen molar-refractivity contribution in [2.45, 2.75) is 25.4 Å². The van der Waals surface area contributed by atoms with Gasteiger partial charge in [0.1, 0.15) is 12.4 Å². The summed E-state index contributed by atoms with van der Waals surface area (Å²) in [6.07, 6.45) is 0.460. The van der Waals surface area contributed by atoms with Gasteiger partial charge in [-0.2, -0.15) is 0 Å². The van der Waals surface area contributed by atoms with Crippen molar-refractivity contribution in [2.24, 2.45) is 5.73 Å². The molecule has 0 bridgehead atoms. The summed E-state index contributed by atoms with van der Waals surface area (Å²) in [5.41, 5.74) is 6.35. The van der Waals surface area contributed by atoms with Crippen molar-refractivity contribution < 1.29 is 14.3 Å². The van der Waals surface area contributed by atoms with E-state index in [1.807, 2.05) is 31.2 Å². The summed E-state index contributed by atoms with van der Waals surface area (Å²) < 4.78 is 10.3. The molecule has 19 heavy (non-hydrogen) atoms. The number of cyclic esters (lactones) is 1. The number of nitrogens with two attached hydrogens (primary N) is 1. The van der Waals surface area contributed by atoms with Gasteiger partial charge in [0, 0.05) is 6.54 Å². The molecule has 1 aliphatic heterocycles. The highest BCUT2D eigenvalue weighted by Gasteiger charge is 2.42. The summed E-state index contributed by atoms with van der Waals surface area (Å²) in [6, 6.07) is 7.68. The van der Waals surface area contributed by atoms with Gasteiger partial charge >= 0.3 is 6.09 Å². The summed E-state index contributed by atoms with van der Waals surface area (Å²) in [5, 5.41) is 0. The van der Waals surface area contributed by atoms with Crippen LogP contribution in [0.25, 0.3) is 0 Å². The topological polar surface area (TPSA) is 64.8 Å².